The molecule has 2 atom stereocenters. The van der Waals surface area contributed by atoms with Crippen molar-refractivity contribution in [3.05, 3.63) is 35.3 Å². The minimum atomic E-state index is -0.355. The van der Waals surface area contributed by atoms with E-state index in [9.17, 15) is 4.79 Å². The predicted molar refractivity (Wildman–Crippen MR) is 101 cm³/mol. The molecule has 2 aromatic heterocycles. The Labute approximate surface area is 158 Å². The third-order valence-electron chi connectivity index (χ3n) is 4.57. The lowest BCUT2D eigenvalue weighted by atomic mass is 10.0. The molecule has 27 heavy (non-hydrogen) atoms. The van der Waals surface area contributed by atoms with Crippen LogP contribution in [0.4, 0.5) is 16.3 Å². The molecule has 0 bridgehead atoms. The molecule has 1 aliphatic carbocycles. The average molecular weight is 368 g/mol. The van der Waals surface area contributed by atoms with E-state index in [1.54, 1.807) is 6.07 Å². The number of carbonyl (C=O) groups excluding carboxylic acids is 1. The normalized spacial score (nSPS) is 18.9. The number of ether oxygens (including phenoxy) is 1. The minimum absolute atomic E-state index is 0.0658. The second-order valence-electron chi connectivity index (χ2n) is 7.11. The predicted octanol–water partition coefficient (Wildman–Crippen LogP) is 3.50. The van der Waals surface area contributed by atoms with Gasteiger partial charge in [-0.15, -0.1) is 0 Å². The molecule has 0 radical (unpaired) electrons. The topological polar surface area (TPSA) is 116 Å². The van der Waals surface area contributed by atoms with Crippen LogP contribution < -0.4 is 10.6 Å². The zero-order valence-corrected chi connectivity index (χ0v) is 15.7. The van der Waals surface area contributed by atoms with Gasteiger partial charge in [0.1, 0.15) is 17.9 Å². The molecule has 2 heterocycles. The fourth-order valence-corrected chi connectivity index (χ4v) is 3.25. The van der Waals surface area contributed by atoms with E-state index in [0.29, 0.717) is 11.5 Å². The van der Waals surface area contributed by atoms with Crippen LogP contribution in [-0.4, -0.2) is 33.4 Å². The molecule has 3 rings (SSSR count). The molecule has 1 aliphatic rings. The Hall–Kier alpha value is -3.08. The van der Waals surface area contributed by atoms with E-state index < -0.39 is 0 Å². The summed E-state index contributed by atoms with van der Waals surface area (Å²) in [6.45, 7) is 5.66. The van der Waals surface area contributed by atoms with Gasteiger partial charge in [-0.1, -0.05) is 0 Å². The molecular weight excluding hydrogens is 344 g/mol. The number of alkyl carbamates (subject to hydrolysis) is 1. The van der Waals surface area contributed by atoms with Gasteiger partial charge < -0.3 is 15.4 Å². The molecule has 1 fully saturated rings. The van der Waals surface area contributed by atoms with Gasteiger partial charge in [0.05, 0.1) is 11.4 Å². The molecule has 0 unspecified atom stereocenters. The van der Waals surface area contributed by atoms with Gasteiger partial charge in [0.15, 0.2) is 5.82 Å². The Morgan fingerprint density at radius 2 is 2.22 bits per heavy atom. The highest BCUT2D eigenvalue weighted by molar-refractivity contribution is 5.67. The number of anilines is 2. The van der Waals surface area contributed by atoms with Gasteiger partial charge in [-0.25, -0.2) is 9.78 Å². The number of aromatic nitrogens is 3. The molecule has 1 saturated carbocycles. The fraction of sp³-hybridized carbons (Fsp3) is 0.474. The number of nitriles is 1. The number of nitrogens with zero attached hydrogens (tertiary/aromatic N) is 3. The number of rotatable bonds is 5. The summed E-state index contributed by atoms with van der Waals surface area (Å²) < 4.78 is 5.48. The first-order valence-electron chi connectivity index (χ1n) is 9.12. The summed E-state index contributed by atoms with van der Waals surface area (Å²) >= 11 is 0. The first-order chi connectivity index (χ1) is 12.9. The van der Waals surface area contributed by atoms with Crippen molar-refractivity contribution >= 4 is 17.6 Å². The highest BCUT2D eigenvalue weighted by Gasteiger charge is 2.30. The van der Waals surface area contributed by atoms with Gasteiger partial charge in [-0.2, -0.15) is 10.4 Å². The van der Waals surface area contributed by atoms with Crippen LogP contribution in [0.25, 0.3) is 0 Å². The maximum absolute atomic E-state index is 11.7. The van der Waals surface area contributed by atoms with Gasteiger partial charge in [0.25, 0.3) is 0 Å². The monoisotopic (exact) mass is 368 g/mol. The van der Waals surface area contributed by atoms with E-state index in [-0.39, 0.29) is 24.2 Å². The van der Waals surface area contributed by atoms with Crippen molar-refractivity contribution in [2.75, 3.05) is 5.32 Å². The fourth-order valence-electron chi connectivity index (χ4n) is 3.25. The van der Waals surface area contributed by atoms with E-state index in [0.717, 1.165) is 36.3 Å². The Kier molecular flexibility index (Phi) is 5.60. The molecule has 0 aliphatic heterocycles. The molecule has 0 spiro atoms. The zero-order chi connectivity index (χ0) is 19.4. The molecular formula is C19H24N6O2. The van der Waals surface area contributed by atoms with Crippen molar-refractivity contribution in [3.8, 4) is 6.07 Å². The smallest absolute Gasteiger partial charge is 0.407 e. The second-order valence-corrected chi connectivity index (χ2v) is 7.11. The van der Waals surface area contributed by atoms with Crippen LogP contribution in [0.1, 0.15) is 56.1 Å². The van der Waals surface area contributed by atoms with Crippen molar-refractivity contribution in [1.29, 1.82) is 5.26 Å². The quantitative estimate of drug-likeness (QED) is 0.744. The van der Waals surface area contributed by atoms with Crippen molar-refractivity contribution < 1.29 is 9.53 Å². The van der Waals surface area contributed by atoms with Crippen molar-refractivity contribution in [2.24, 2.45) is 0 Å². The summed E-state index contributed by atoms with van der Waals surface area (Å²) in [4.78, 5) is 16.0. The van der Waals surface area contributed by atoms with Crippen LogP contribution in [0, 0.1) is 18.3 Å². The number of hydrogen-bond donors (Lipinski definition) is 3. The molecule has 3 N–H and O–H groups in total. The summed E-state index contributed by atoms with van der Waals surface area (Å²) in [5, 5.41) is 22.3. The largest absolute Gasteiger partial charge is 0.446 e. The highest BCUT2D eigenvalue weighted by atomic mass is 16.6. The zero-order valence-electron chi connectivity index (χ0n) is 15.7. The van der Waals surface area contributed by atoms with Crippen LogP contribution in [0.2, 0.25) is 0 Å². The van der Waals surface area contributed by atoms with Crippen molar-refractivity contribution in [2.45, 2.75) is 58.1 Å². The number of amides is 1. The van der Waals surface area contributed by atoms with Crippen LogP contribution in [0.5, 0.6) is 0 Å². The van der Waals surface area contributed by atoms with E-state index in [2.05, 4.69) is 25.8 Å². The van der Waals surface area contributed by atoms with E-state index in [1.807, 2.05) is 39.0 Å². The van der Waals surface area contributed by atoms with Gasteiger partial charge in [0.2, 0.25) is 0 Å². The summed E-state index contributed by atoms with van der Waals surface area (Å²) in [7, 11) is 0. The highest BCUT2D eigenvalue weighted by Crippen LogP contribution is 2.36. The number of nitrogens with one attached hydrogen (secondary N) is 3. The van der Waals surface area contributed by atoms with E-state index in [1.165, 1.54) is 0 Å². The summed E-state index contributed by atoms with van der Waals surface area (Å²) in [6.07, 6.45) is 2.14. The van der Waals surface area contributed by atoms with Gasteiger partial charge in [-0.3, -0.25) is 5.10 Å². The average Bonchev–Trinajstić information content (AvgIpc) is 3.25. The number of H-pyrrole nitrogens is 1. The van der Waals surface area contributed by atoms with Crippen molar-refractivity contribution in [3.63, 3.8) is 0 Å². The molecule has 0 aromatic carbocycles. The third-order valence-corrected chi connectivity index (χ3v) is 4.57. The molecule has 8 heteroatoms. The van der Waals surface area contributed by atoms with Gasteiger partial charge >= 0.3 is 6.09 Å². The molecule has 0 saturated heterocycles. The van der Waals surface area contributed by atoms with Crippen molar-refractivity contribution in [1.82, 2.24) is 20.5 Å². The summed E-state index contributed by atoms with van der Waals surface area (Å²) in [5.41, 5.74) is 2.96. The van der Waals surface area contributed by atoms with Crippen LogP contribution in [0.3, 0.4) is 0 Å². The lowest BCUT2D eigenvalue weighted by Gasteiger charge is -2.14. The number of hydrogen-bond acceptors (Lipinski definition) is 6. The lowest BCUT2D eigenvalue weighted by Crippen LogP contribution is -2.33. The summed E-state index contributed by atoms with van der Waals surface area (Å²) in [5.74, 6) is 0.978. The SMILES string of the molecule is Cc1nc(C#N)ccc1Nc1cc([C@H]2CC[C@@H](OC(=O)NC(C)C)C2)[nH]n1. The van der Waals surface area contributed by atoms with Gasteiger partial charge in [-0.05, 0) is 52.2 Å². The summed E-state index contributed by atoms with van der Waals surface area (Å²) in [6, 6.07) is 7.56. The number of carbonyl (C=O) groups is 1. The maximum atomic E-state index is 11.7. The maximum Gasteiger partial charge on any atom is 0.407 e. The molecule has 2 aromatic rings. The van der Waals surface area contributed by atoms with Crippen LogP contribution >= 0.6 is 0 Å². The Morgan fingerprint density at radius 1 is 1.41 bits per heavy atom. The minimum Gasteiger partial charge on any atom is -0.446 e. The molecule has 8 nitrogen and oxygen atoms in total. The van der Waals surface area contributed by atoms with Crippen LogP contribution in [-0.2, 0) is 4.74 Å². The second kappa shape index (κ2) is 8.08. The first-order valence-corrected chi connectivity index (χ1v) is 9.12. The number of aromatic amines is 1. The van der Waals surface area contributed by atoms with E-state index in [4.69, 9.17) is 10.00 Å². The first kappa shape index (κ1) is 18.7. The number of pyridine rings is 1. The van der Waals surface area contributed by atoms with E-state index >= 15 is 0 Å². The van der Waals surface area contributed by atoms with Gasteiger partial charge in [0, 0.05) is 23.7 Å². The standard InChI is InChI=1S/C19H24N6O2/c1-11(2)21-19(26)27-15-6-4-13(8-15)17-9-18(25-24-17)23-16-7-5-14(10-20)22-12(16)3/h5,7,9,11,13,15H,4,6,8H2,1-3H3,(H,21,26)(H2,23,24,25)/t13-,15+/m0/s1. The Balaban J connectivity index is 1.58. The number of aryl methyl sites for hydroxylation is 1. The lowest BCUT2D eigenvalue weighted by molar-refractivity contribution is 0.0981. The van der Waals surface area contributed by atoms with Crippen LogP contribution in [0.15, 0.2) is 18.2 Å². The Bertz CT molecular complexity index is 854. The third kappa shape index (κ3) is 4.76. The Morgan fingerprint density at radius 3 is 2.93 bits per heavy atom. The molecule has 142 valence electrons. The molecule has 1 amide bonds.